The van der Waals surface area contributed by atoms with Crippen LogP contribution in [-0.4, -0.2) is 36.8 Å². The number of unbranched alkanes of at least 4 members (excludes halogenated alkanes) is 3. The van der Waals surface area contributed by atoms with Crippen LogP contribution in [0.2, 0.25) is 0 Å². The van der Waals surface area contributed by atoms with Crippen molar-refractivity contribution >= 4 is 16.2 Å². The van der Waals surface area contributed by atoms with Crippen LogP contribution in [0.3, 0.4) is 0 Å². The van der Waals surface area contributed by atoms with Gasteiger partial charge in [0.15, 0.2) is 18.0 Å². The number of nitrogens with one attached hydrogen (secondary N) is 2. The monoisotopic (exact) mass is 308 g/mol. The third-order valence-electron chi connectivity index (χ3n) is 2.48. The van der Waals surface area contributed by atoms with Gasteiger partial charge in [-0.3, -0.25) is 15.7 Å². The van der Waals surface area contributed by atoms with Gasteiger partial charge in [0, 0.05) is 6.08 Å². The minimum Gasteiger partial charge on any atom is -0.479 e. The summed E-state index contributed by atoms with van der Waals surface area (Å²) in [7, 11) is -4.74. The van der Waals surface area contributed by atoms with Crippen molar-refractivity contribution in [2.24, 2.45) is 5.73 Å². The van der Waals surface area contributed by atoms with Crippen LogP contribution in [0.5, 0.6) is 0 Å². The lowest BCUT2D eigenvalue weighted by Crippen LogP contribution is -2.57. The smallest absolute Gasteiger partial charge is 0.418 e. The van der Waals surface area contributed by atoms with Crippen molar-refractivity contribution in [3.8, 4) is 0 Å². The van der Waals surface area contributed by atoms with Crippen LogP contribution in [0, 0.1) is 5.41 Å². The third-order valence-corrected chi connectivity index (χ3v) is 2.83. The predicted molar refractivity (Wildman–Crippen MR) is 71.5 cm³/mol. The van der Waals surface area contributed by atoms with Gasteiger partial charge in [0.2, 0.25) is 0 Å². The summed E-state index contributed by atoms with van der Waals surface area (Å²) in [4.78, 5) is 0. The van der Waals surface area contributed by atoms with E-state index in [4.69, 9.17) is 20.4 Å². The summed E-state index contributed by atoms with van der Waals surface area (Å²) >= 11 is 0. The summed E-state index contributed by atoms with van der Waals surface area (Å²) in [5.41, 5.74) is 5.57. The molecule has 0 aromatic rings. The average molecular weight is 308 g/mol. The Morgan fingerprint density at radius 2 is 2.20 bits per heavy atom. The van der Waals surface area contributed by atoms with Crippen molar-refractivity contribution in [1.29, 1.82) is 5.41 Å². The molecule has 0 saturated carbocycles. The lowest BCUT2D eigenvalue weighted by molar-refractivity contribution is -0.0430. The maximum atomic E-state index is 10.6. The molecule has 10 heteroatoms. The van der Waals surface area contributed by atoms with Crippen molar-refractivity contribution in [2.45, 2.75) is 38.9 Å². The van der Waals surface area contributed by atoms with E-state index in [2.05, 4.69) is 16.5 Å². The van der Waals surface area contributed by atoms with E-state index in [1.54, 1.807) is 0 Å². The highest BCUT2D eigenvalue weighted by Gasteiger charge is 2.28. The second kappa shape index (κ2) is 7.43. The van der Waals surface area contributed by atoms with Gasteiger partial charge in [0.25, 0.3) is 0 Å². The zero-order valence-electron chi connectivity index (χ0n) is 11.2. The van der Waals surface area contributed by atoms with Gasteiger partial charge in [0.05, 0.1) is 6.61 Å². The lowest BCUT2D eigenvalue weighted by Gasteiger charge is -2.32. The molecule has 0 aromatic carbocycles. The van der Waals surface area contributed by atoms with Crippen molar-refractivity contribution in [3.05, 3.63) is 12.0 Å². The standard InChI is InChI=1S/C10H20N4O5S/c1-2-3-4-5-6-18-9-7-8(11)14(10(12)13-9)19-20(15,16)17/h7,10-11,13H,2-6,12H2,1H3,(H,15,16,17). The molecule has 1 aliphatic heterocycles. The molecule has 1 atom stereocenters. The topological polar surface area (TPSA) is 138 Å². The molecular formula is C10H20N4O5S. The van der Waals surface area contributed by atoms with Gasteiger partial charge in [-0.15, -0.1) is 4.28 Å². The first-order valence-corrected chi connectivity index (χ1v) is 7.61. The summed E-state index contributed by atoms with van der Waals surface area (Å²) in [5.74, 6) is -0.0911. The first-order valence-electron chi connectivity index (χ1n) is 6.25. The number of hydrogen-bond donors (Lipinski definition) is 4. The largest absolute Gasteiger partial charge is 0.479 e. The van der Waals surface area contributed by atoms with Gasteiger partial charge >= 0.3 is 10.4 Å². The number of amidine groups is 1. The van der Waals surface area contributed by atoms with Crippen LogP contribution in [-0.2, 0) is 19.4 Å². The SMILES string of the molecule is CCCCCCOC1=CC(=N)N(OS(=O)(=O)O)C(N)N1. The highest BCUT2D eigenvalue weighted by molar-refractivity contribution is 7.80. The van der Waals surface area contributed by atoms with Gasteiger partial charge in [-0.05, 0) is 6.42 Å². The molecule has 0 amide bonds. The fourth-order valence-electron chi connectivity index (χ4n) is 1.57. The zero-order valence-corrected chi connectivity index (χ0v) is 12.0. The Kier molecular flexibility index (Phi) is 6.20. The molecule has 1 aliphatic rings. The quantitative estimate of drug-likeness (QED) is 0.370. The van der Waals surface area contributed by atoms with Crippen LogP contribution >= 0.6 is 0 Å². The molecule has 116 valence electrons. The van der Waals surface area contributed by atoms with Crippen LogP contribution in [0.15, 0.2) is 12.0 Å². The van der Waals surface area contributed by atoms with E-state index >= 15 is 0 Å². The molecule has 20 heavy (non-hydrogen) atoms. The van der Waals surface area contributed by atoms with E-state index in [-0.39, 0.29) is 11.7 Å². The maximum absolute atomic E-state index is 10.6. The predicted octanol–water partition coefficient (Wildman–Crippen LogP) is 0.284. The molecule has 5 N–H and O–H groups in total. The summed E-state index contributed by atoms with van der Waals surface area (Å²) in [6, 6.07) is 0. The van der Waals surface area contributed by atoms with Crippen LogP contribution in [0.4, 0.5) is 0 Å². The Balaban J connectivity index is 2.49. The lowest BCUT2D eigenvalue weighted by atomic mass is 10.2. The van der Waals surface area contributed by atoms with E-state index in [0.717, 1.165) is 25.7 Å². The van der Waals surface area contributed by atoms with Crippen molar-refractivity contribution in [1.82, 2.24) is 10.4 Å². The maximum Gasteiger partial charge on any atom is 0.418 e. The van der Waals surface area contributed by atoms with E-state index in [9.17, 15) is 8.42 Å². The van der Waals surface area contributed by atoms with Gasteiger partial charge < -0.3 is 10.1 Å². The number of rotatable bonds is 8. The molecule has 0 fully saturated rings. The number of hydroxylamine groups is 2. The molecule has 0 aliphatic carbocycles. The fraction of sp³-hybridized carbons (Fsp3) is 0.700. The third kappa shape index (κ3) is 5.74. The Labute approximate surface area is 118 Å². The first-order chi connectivity index (χ1) is 9.33. The van der Waals surface area contributed by atoms with Crippen molar-refractivity contribution in [3.63, 3.8) is 0 Å². The minimum absolute atomic E-state index is 0.259. The average Bonchev–Trinajstić information content (AvgIpc) is 2.32. The van der Waals surface area contributed by atoms with Crippen LogP contribution in [0.1, 0.15) is 32.6 Å². The number of nitrogens with two attached hydrogens (primary N) is 1. The Morgan fingerprint density at radius 3 is 2.75 bits per heavy atom. The molecule has 1 heterocycles. The van der Waals surface area contributed by atoms with Crippen molar-refractivity contribution in [2.75, 3.05) is 6.61 Å². The second-order valence-corrected chi connectivity index (χ2v) is 5.22. The van der Waals surface area contributed by atoms with E-state index in [1.807, 2.05) is 0 Å². The van der Waals surface area contributed by atoms with E-state index in [1.165, 1.54) is 6.08 Å². The summed E-state index contributed by atoms with van der Waals surface area (Å²) in [5, 5.41) is 10.7. The molecule has 0 bridgehead atoms. The number of nitrogens with zero attached hydrogens (tertiary/aromatic N) is 1. The Bertz CT molecular complexity index is 464. The number of hydrogen-bond acceptors (Lipinski definition) is 7. The summed E-state index contributed by atoms with van der Waals surface area (Å²) in [6.45, 7) is 2.58. The minimum atomic E-state index is -4.74. The van der Waals surface area contributed by atoms with Gasteiger partial charge in [-0.1, -0.05) is 26.2 Å². The van der Waals surface area contributed by atoms with Crippen LogP contribution < -0.4 is 11.1 Å². The first kappa shape index (κ1) is 16.7. The molecular weight excluding hydrogens is 288 g/mol. The number of ether oxygens (including phenoxy) is 1. The summed E-state index contributed by atoms with van der Waals surface area (Å²) < 4.78 is 39.3. The molecule has 0 saturated heterocycles. The summed E-state index contributed by atoms with van der Waals surface area (Å²) in [6.07, 6.45) is 4.24. The fourth-order valence-corrected chi connectivity index (χ4v) is 1.94. The van der Waals surface area contributed by atoms with E-state index < -0.39 is 16.7 Å². The highest BCUT2D eigenvalue weighted by atomic mass is 32.3. The molecule has 1 unspecified atom stereocenters. The molecule has 0 spiro atoms. The van der Waals surface area contributed by atoms with Gasteiger partial charge in [0.1, 0.15) is 0 Å². The highest BCUT2D eigenvalue weighted by Crippen LogP contribution is 2.10. The molecule has 0 aromatic heterocycles. The van der Waals surface area contributed by atoms with Crippen LogP contribution in [0.25, 0.3) is 0 Å². The van der Waals surface area contributed by atoms with Gasteiger partial charge in [-0.2, -0.15) is 13.5 Å². The van der Waals surface area contributed by atoms with E-state index in [0.29, 0.717) is 11.7 Å². The van der Waals surface area contributed by atoms with Gasteiger partial charge in [-0.25, -0.2) is 0 Å². The second-order valence-electron chi connectivity index (χ2n) is 4.22. The Morgan fingerprint density at radius 1 is 1.50 bits per heavy atom. The molecule has 1 rings (SSSR count). The molecule has 9 nitrogen and oxygen atoms in total. The van der Waals surface area contributed by atoms with Crippen molar-refractivity contribution < 1.29 is 22.0 Å². The Hall–Kier alpha value is -1.36. The molecule has 0 radical (unpaired) electrons. The zero-order chi connectivity index (χ0) is 15.2. The normalized spacial score (nSPS) is 19.6.